The Labute approximate surface area is 151 Å². The fraction of sp³-hybridized carbons (Fsp3) is 0.650. The summed E-state index contributed by atoms with van der Waals surface area (Å²) in [5.74, 6) is 0.0905. The van der Waals surface area contributed by atoms with Gasteiger partial charge in [-0.05, 0) is 43.4 Å². The number of hydrogen-bond acceptors (Lipinski definition) is 4. The number of carbonyl (C=O) groups excluding carboxylic acids is 1. The van der Waals surface area contributed by atoms with Crippen molar-refractivity contribution in [2.24, 2.45) is 0 Å². The van der Waals surface area contributed by atoms with Crippen LogP contribution >= 0.6 is 0 Å². The number of rotatable bonds is 7. The molecule has 1 aromatic rings. The van der Waals surface area contributed by atoms with E-state index in [2.05, 4.69) is 46.3 Å². The summed E-state index contributed by atoms with van der Waals surface area (Å²) in [5, 5.41) is 12.7. The zero-order valence-corrected chi connectivity index (χ0v) is 15.3. The van der Waals surface area contributed by atoms with Gasteiger partial charge in [0.15, 0.2) is 0 Å². The third-order valence-corrected chi connectivity index (χ3v) is 5.68. The molecule has 2 aliphatic rings. The molecule has 1 aromatic carbocycles. The minimum atomic E-state index is 0.0842. The van der Waals surface area contributed by atoms with Gasteiger partial charge in [0, 0.05) is 31.7 Å². The van der Waals surface area contributed by atoms with Crippen LogP contribution < -0.4 is 5.32 Å². The van der Waals surface area contributed by atoms with Crippen molar-refractivity contribution in [3.05, 3.63) is 35.4 Å². The lowest BCUT2D eigenvalue weighted by Crippen LogP contribution is -2.48. The van der Waals surface area contributed by atoms with E-state index in [9.17, 15) is 9.90 Å². The topological polar surface area (TPSA) is 55.8 Å². The highest BCUT2D eigenvalue weighted by atomic mass is 16.3. The van der Waals surface area contributed by atoms with Crippen LogP contribution in [0.2, 0.25) is 0 Å². The summed E-state index contributed by atoms with van der Waals surface area (Å²) in [6, 6.07) is 9.02. The van der Waals surface area contributed by atoms with Crippen LogP contribution in [0.5, 0.6) is 0 Å². The Balaban J connectivity index is 1.56. The number of fused-ring (bicyclic) bond motifs is 1. The van der Waals surface area contributed by atoms with Crippen molar-refractivity contribution < 1.29 is 9.90 Å². The summed E-state index contributed by atoms with van der Waals surface area (Å²) in [6.45, 7) is 6.40. The maximum absolute atomic E-state index is 12.6. The summed E-state index contributed by atoms with van der Waals surface area (Å²) in [4.78, 5) is 17.1. The van der Waals surface area contributed by atoms with Crippen LogP contribution in [0.25, 0.3) is 0 Å². The van der Waals surface area contributed by atoms with Crippen LogP contribution in [0, 0.1) is 0 Å². The lowest BCUT2D eigenvalue weighted by atomic mass is 10.0. The first-order chi connectivity index (χ1) is 12.2. The number of aryl methyl sites for hydroxylation is 1. The predicted octanol–water partition coefficient (Wildman–Crippen LogP) is 1.57. The molecule has 138 valence electrons. The number of carbonyl (C=O) groups is 1. The van der Waals surface area contributed by atoms with Crippen molar-refractivity contribution >= 4 is 5.91 Å². The molecule has 1 amide bonds. The van der Waals surface area contributed by atoms with Crippen molar-refractivity contribution in [2.75, 3.05) is 39.3 Å². The van der Waals surface area contributed by atoms with Gasteiger partial charge in [-0.15, -0.1) is 0 Å². The quantitative estimate of drug-likeness (QED) is 0.788. The van der Waals surface area contributed by atoms with Gasteiger partial charge < -0.3 is 15.3 Å². The number of nitrogens with one attached hydrogen (secondary N) is 1. The number of likely N-dealkylation sites (tertiary alicyclic amines) is 1. The van der Waals surface area contributed by atoms with Crippen molar-refractivity contribution in [2.45, 2.75) is 44.7 Å². The lowest BCUT2D eigenvalue weighted by Gasteiger charge is -2.33. The molecule has 5 nitrogen and oxygen atoms in total. The third-order valence-electron chi connectivity index (χ3n) is 5.68. The van der Waals surface area contributed by atoms with Crippen molar-refractivity contribution in [1.29, 1.82) is 0 Å². The van der Waals surface area contributed by atoms with Crippen LogP contribution in [-0.2, 0) is 11.2 Å². The third kappa shape index (κ3) is 4.60. The minimum Gasteiger partial charge on any atom is -0.395 e. The first-order valence-electron chi connectivity index (χ1n) is 9.65. The molecule has 0 aromatic heterocycles. The summed E-state index contributed by atoms with van der Waals surface area (Å²) < 4.78 is 0. The van der Waals surface area contributed by atoms with Gasteiger partial charge in [-0.1, -0.05) is 31.2 Å². The largest absolute Gasteiger partial charge is 0.395 e. The fourth-order valence-electron chi connectivity index (χ4n) is 4.24. The van der Waals surface area contributed by atoms with Gasteiger partial charge in [-0.3, -0.25) is 9.69 Å². The summed E-state index contributed by atoms with van der Waals surface area (Å²) in [6.07, 6.45) is 4.15. The van der Waals surface area contributed by atoms with E-state index in [1.807, 2.05) is 0 Å². The summed E-state index contributed by atoms with van der Waals surface area (Å²) in [5.41, 5.74) is 2.70. The normalized spacial score (nSPS) is 21.5. The van der Waals surface area contributed by atoms with Gasteiger partial charge >= 0.3 is 0 Å². The predicted molar refractivity (Wildman–Crippen MR) is 99.4 cm³/mol. The Morgan fingerprint density at radius 3 is 2.76 bits per heavy atom. The second-order valence-electron chi connectivity index (χ2n) is 7.22. The molecule has 25 heavy (non-hydrogen) atoms. The molecule has 1 heterocycles. The first-order valence-corrected chi connectivity index (χ1v) is 9.65. The summed E-state index contributed by atoms with van der Waals surface area (Å²) in [7, 11) is 0. The van der Waals surface area contributed by atoms with Gasteiger partial charge in [0.2, 0.25) is 5.91 Å². The van der Waals surface area contributed by atoms with Gasteiger partial charge in [-0.2, -0.15) is 0 Å². The van der Waals surface area contributed by atoms with E-state index in [-0.39, 0.29) is 18.6 Å². The molecule has 1 atom stereocenters. The number of benzene rings is 1. The zero-order valence-electron chi connectivity index (χ0n) is 15.3. The highest BCUT2D eigenvalue weighted by molar-refractivity contribution is 5.78. The van der Waals surface area contributed by atoms with Gasteiger partial charge in [0.1, 0.15) is 0 Å². The van der Waals surface area contributed by atoms with E-state index in [1.165, 1.54) is 11.1 Å². The Bertz CT molecular complexity index is 570. The monoisotopic (exact) mass is 345 g/mol. The van der Waals surface area contributed by atoms with Crippen molar-refractivity contribution in [1.82, 2.24) is 15.1 Å². The second-order valence-corrected chi connectivity index (χ2v) is 7.22. The fourth-order valence-corrected chi connectivity index (χ4v) is 4.24. The van der Waals surface area contributed by atoms with Crippen LogP contribution in [0.1, 0.15) is 43.4 Å². The smallest absolute Gasteiger partial charge is 0.234 e. The van der Waals surface area contributed by atoms with Crippen LogP contribution in [-0.4, -0.2) is 66.2 Å². The number of aliphatic hydroxyl groups is 1. The molecule has 5 heteroatoms. The Morgan fingerprint density at radius 1 is 1.28 bits per heavy atom. The maximum atomic E-state index is 12.6. The molecule has 0 saturated carbocycles. The maximum Gasteiger partial charge on any atom is 0.234 e. The number of nitrogens with zero attached hydrogens (tertiary/aromatic N) is 2. The molecule has 1 saturated heterocycles. The Morgan fingerprint density at radius 2 is 2.04 bits per heavy atom. The molecule has 3 rings (SSSR count). The number of piperidine rings is 1. The zero-order chi connectivity index (χ0) is 17.6. The van der Waals surface area contributed by atoms with Crippen LogP contribution in [0.3, 0.4) is 0 Å². The number of amides is 1. The number of hydrogen-bond donors (Lipinski definition) is 2. The molecule has 1 fully saturated rings. The van der Waals surface area contributed by atoms with Crippen molar-refractivity contribution in [3.63, 3.8) is 0 Å². The van der Waals surface area contributed by atoms with E-state index in [4.69, 9.17) is 0 Å². The molecule has 2 N–H and O–H groups in total. The van der Waals surface area contributed by atoms with Crippen LogP contribution in [0.4, 0.5) is 0 Å². The van der Waals surface area contributed by atoms with E-state index in [0.717, 1.165) is 45.3 Å². The van der Waals surface area contributed by atoms with E-state index >= 15 is 0 Å². The van der Waals surface area contributed by atoms with E-state index in [0.29, 0.717) is 19.1 Å². The average molecular weight is 345 g/mol. The molecule has 0 radical (unpaired) electrons. The summed E-state index contributed by atoms with van der Waals surface area (Å²) >= 11 is 0. The molecule has 1 aliphatic heterocycles. The average Bonchev–Trinajstić information content (AvgIpc) is 3.06. The second kappa shape index (κ2) is 8.79. The Hall–Kier alpha value is -1.43. The van der Waals surface area contributed by atoms with Gasteiger partial charge in [0.05, 0.1) is 13.2 Å². The molecular weight excluding hydrogens is 314 g/mol. The minimum absolute atomic E-state index is 0.0842. The molecule has 1 unspecified atom stereocenters. The molecular formula is C20H31N3O2. The molecule has 1 aliphatic carbocycles. The SMILES string of the molecule is CCN1CCC(NC(=O)CN(CCO)C2CCc3ccccc32)CC1. The highest BCUT2D eigenvalue weighted by Crippen LogP contribution is 2.35. The standard InChI is InChI=1S/C20H31N3O2/c1-2-22-11-9-17(10-12-22)21-20(25)15-23(13-14-24)19-8-7-16-5-3-4-6-18(16)19/h3-6,17,19,24H,2,7-15H2,1H3,(H,21,25). The lowest BCUT2D eigenvalue weighted by molar-refractivity contribution is -0.124. The molecule has 0 bridgehead atoms. The van der Waals surface area contributed by atoms with Gasteiger partial charge in [-0.25, -0.2) is 0 Å². The number of aliphatic hydroxyl groups excluding tert-OH is 1. The van der Waals surface area contributed by atoms with E-state index < -0.39 is 0 Å². The van der Waals surface area contributed by atoms with Gasteiger partial charge in [0.25, 0.3) is 0 Å². The van der Waals surface area contributed by atoms with E-state index in [1.54, 1.807) is 0 Å². The first kappa shape index (κ1) is 18.4. The Kier molecular flexibility index (Phi) is 6.45. The highest BCUT2D eigenvalue weighted by Gasteiger charge is 2.29. The molecule has 0 spiro atoms. The van der Waals surface area contributed by atoms with Crippen LogP contribution in [0.15, 0.2) is 24.3 Å². The van der Waals surface area contributed by atoms with Crippen molar-refractivity contribution in [3.8, 4) is 0 Å².